The van der Waals surface area contributed by atoms with Crippen molar-refractivity contribution in [2.75, 3.05) is 4.90 Å². The average Bonchev–Trinajstić information content (AvgIpc) is 3.61. The third-order valence-corrected chi connectivity index (χ3v) is 10.7. The Kier molecular flexibility index (Phi) is 5.15. The zero-order valence-electron chi connectivity index (χ0n) is 27.1. The van der Waals surface area contributed by atoms with Gasteiger partial charge in [-0.25, -0.2) is 0 Å². The van der Waals surface area contributed by atoms with E-state index in [1.54, 1.807) is 0 Å². The molecular weight excluding hydrogens is 601 g/mol. The normalized spacial score (nSPS) is 14.0. The van der Waals surface area contributed by atoms with Crippen molar-refractivity contribution < 1.29 is 9.47 Å². The number of anilines is 3. The van der Waals surface area contributed by atoms with Crippen molar-refractivity contribution in [2.24, 2.45) is 0 Å². The first-order valence-electron chi connectivity index (χ1n) is 16.9. The lowest BCUT2D eigenvalue weighted by molar-refractivity contribution is 0.444. The van der Waals surface area contributed by atoms with Crippen molar-refractivity contribution in [3.63, 3.8) is 0 Å². The molecule has 0 atom stereocenters. The molecule has 0 saturated heterocycles. The van der Waals surface area contributed by atoms with E-state index in [4.69, 9.17) is 9.47 Å². The standard InChI is InChI=1S/C45H30N2O2/c1-45(2)34-16-7-6-13-30(34)31-14-8-17-35(40(31)45)46(29-23-21-28(22-24-29)27-11-4-3-5-12-27)36-26-25-33-32-15-9-18-37-41(32)47-42(33)44(36)49-39-20-10-19-38(48-37)43(39)47/h3-26H,1-2H3. The molecule has 11 rings (SSSR count). The van der Waals surface area contributed by atoms with Gasteiger partial charge < -0.3 is 14.4 Å². The third-order valence-electron chi connectivity index (χ3n) is 10.7. The fourth-order valence-electron chi connectivity index (χ4n) is 8.63. The topological polar surface area (TPSA) is 26.6 Å². The van der Waals surface area contributed by atoms with Crippen molar-refractivity contribution in [1.82, 2.24) is 4.57 Å². The van der Waals surface area contributed by atoms with Crippen LogP contribution in [0.5, 0.6) is 23.0 Å². The summed E-state index contributed by atoms with van der Waals surface area (Å²) in [5.41, 5.74) is 13.7. The third kappa shape index (κ3) is 3.47. The Balaban J connectivity index is 1.22. The highest BCUT2D eigenvalue weighted by Crippen LogP contribution is 2.59. The van der Waals surface area contributed by atoms with Crippen molar-refractivity contribution >= 4 is 38.9 Å². The summed E-state index contributed by atoms with van der Waals surface area (Å²) >= 11 is 0. The van der Waals surface area contributed by atoms with Gasteiger partial charge in [-0.15, -0.1) is 0 Å². The lowest BCUT2D eigenvalue weighted by Gasteiger charge is -2.34. The van der Waals surface area contributed by atoms with Crippen LogP contribution in [-0.4, -0.2) is 4.57 Å². The molecule has 4 heteroatoms. The van der Waals surface area contributed by atoms with Crippen LogP contribution in [-0.2, 0) is 5.41 Å². The fourth-order valence-corrected chi connectivity index (χ4v) is 8.63. The van der Waals surface area contributed by atoms with Crippen LogP contribution >= 0.6 is 0 Å². The second kappa shape index (κ2) is 9.42. The quantitative estimate of drug-likeness (QED) is 0.194. The first kappa shape index (κ1) is 26.8. The minimum atomic E-state index is -0.212. The van der Waals surface area contributed by atoms with E-state index in [-0.39, 0.29) is 5.41 Å². The summed E-state index contributed by atoms with van der Waals surface area (Å²) in [7, 11) is 0. The SMILES string of the molecule is CC1(C)c2ccccc2-c2cccc(N(c3ccc(-c4ccccc4)cc3)c3ccc4c5cccc6c5n5c4c3Oc3cccc(c3-5)O6)c21. The number of nitrogens with zero attached hydrogens (tertiary/aromatic N) is 2. The van der Waals surface area contributed by atoms with Gasteiger partial charge in [0.05, 0.1) is 22.4 Å². The second-order valence-electron chi connectivity index (χ2n) is 13.7. The smallest absolute Gasteiger partial charge is 0.176 e. The molecule has 0 spiro atoms. The number of aromatic nitrogens is 1. The number of benzene rings is 7. The molecule has 2 aliphatic heterocycles. The molecule has 3 aliphatic rings. The van der Waals surface area contributed by atoms with Gasteiger partial charge in [0.2, 0.25) is 0 Å². The Bertz CT molecular complexity index is 2690. The van der Waals surface area contributed by atoms with Crippen LogP contribution in [0.15, 0.2) is 146 Å². The lowest BCUT2D eigenvalue weighted by atomic mass is 9.81. The highest BCUT2D eigenvalue weighted by atomic mass is 16.5. The molecular formula is C45H30N2O2. The summed E-state index contributed by atoms with van der Waals surface area (Å²) in [4.78, 5) is 2.41. The fraction of sp³-hybridized carbons (Fsp3) is 0.0667. The van der Waals surface area contributed by atoms with Crippen LogP contribution in [0.4, 0.5) is 17.1 Å². The van der Waals surface area contributed by atoms with E-state index in [9.17, 15) is 0 Å². The van der Waals surface area contributed by atoms with Gasteiger partial charge >= 0.3 is 0 Å². The lowest BCUT2D eigenvalue weighted by Crippen LogP contribution is -2.21. The van der Waals surface area contributed by atoms with Gasteiger partial charge in [0.25, 0.3) is 0 Å². The molecule has 0 amide bonds. The number of hydrogen-bond donors (Lipinski definition) is 0. The van der Waals surface area contributed by atoms with E-state index in [0.29, 0.717) is 0 Å². The van der Waals surface area contributed by atoms with Crippen LogP contribution in [0.1, 0.15) is 25.0 Å². The second-order valence-corrected chi connectivity index (χ2v) is 13.7. The van der Waals surface area contributed by atoms with Gasteiger partial charge in [0.1, 0.15) is 5.69 Å². The van der Waals surface area contributed by atoms with Crippen molar-refractivity contribution in [2.45, 2.75) is 19.3 Å². The zero-order valence-corrected chi connectivity index (χ0v) is 27.1. The molecule has 0 bridgehead atoms. The minimum absolute atomic E-state index is 0.212. The van der Waals surface area contributed by atoms with Gasteiger partial charge in [-0.2, -0.15) is 0 Å². The summed E-state index contributed by atoms with van der Waals surface area (Å²) in [6.07, 6.45) is 0. The van der Waals surface area contributed by atoms with Crippen LogP contribution in [0.2, 0.25) is 0 Å². The maximum absolute atomic E-state index is 7.03. The van der Waals surface area contributed by atoms with Crippen molar-refractivity contribution in [3.8, 4) is 50.9 Å². The van der Waals surface area contributed by atoms with Crippen LogP contribution < -0.4 is 14.4 Å². The van der Waals surface area contributed by atoms with Gasteiger partial charge in [-0.3, -0.25) is 4.57 Å². The minimum Gasteiger partial charge on any atom is -0.453 e. The van der Waals surface area contributed by atoms with Crippen LogP contribution in [0.25, 0.3) is 49.7 Å². The van der Waals surface area contributed by atoms with Gasteiger partial charge in [0.15, 0.2) is 23.0 Å². The summed E-state index contributed by atoms with van der Waals surface area (Å²) < 4.78 is 15.8. The first-order chi connectivity index (χ1) is 24.1. The number of ether oxygens (including phenoxy) is 2. The highest BCUT2D eigenvalue weighted by molar-refractivity contribution is 6.16. The number of rotatable bonds is 4. The van der Waals surface area contributed by atoms with E-state index >= 15 is 0 Å². The van der Waals surface area contributed by atoms with Crippen molar-refractivity contribution in [1.29, 1.82) is 0 Å². The van der Waals surface area contributed by atoms with E-state index in [2.05, 4.69) is 151 Å². The molecule has 49 heavy (non-hydrogen) atoms. The molecule has 1 aliphatic carbocycles. The summed E-state index contributed by atoms with van der Waals surface area (Å²) in [6.45, 7) is 4.70. The molecule has 0 saturated carbocycles. The molecule has 8 aromatic rings. The molecule has 1 aromatic heterocycles. The Morgan fingerprint density at radius 1 is 0.510 bits per heavy atom. The van der Waals surface area contributed by atoms with Crippen LogP contribution in [0.3, 0.4) is 0 Å². The maximum Gasteiger partial charge on any atom is 0.176 e. The van der Waals surface area contributed by atoms with Crippen molar-refractivity contribution in [3.05, 3.63) is 157 Å². The Labute approximate surface area is 284 Å². The Morgan fingerprint density at radius 3 is 2.04 bits per heavy atom. The van der Waals surface area contributed by atoms with Gasteiger partial charge in [0, 0.05) is 21.9 Å². The highest BCUT2D eigenvalue weighted by Gasteiger charge is 2.40. The largest absolute Gasteiger partial charge is 0.453 e. The number of para-hydroxylation sites is 2. The van der Waals surface area contributed by atoms with E-state index in [1.165, 1.54) is 33.4 Å². The summed E-state index contributed by atoms with van der Waals surface area (Å²) in [6, 6.07) is 52.0. The molecule has 4 nitrogen and oxygen atoms in total. The number of fused-ring (bicyclic) bond motifs is 4. The van der Waals surface area contributed by atoms with E-state index in [1.807, 2.05) is 18.2 Å². The molecule has 0 unspecified atom stereocenters. The summed E-state index contributed by atoms with van der Waals surface area (Å²) in [5, 5.41) is 2.30. The molecule has 0 radical (unpaired) electrons. The van der Waals surface area contributed by atoms with E-state index < -0.39 is 0 Å². The predicted octanol–water partition coefficient (Wildman–Crippen LogP) is 12.4. The summed E-state index contributed by atoms with van der Waals surface area (Å²) in [5.74, 6) is 3.29. The molecule has 0 N–H and O–H groups in total. The monoisotopic (exact) mass is 630 g/mol. The van der Waals surface area contributed by atoms with Gasteiger partial charge in [-0.1, -0.05) is 111 Å². The first-order valence-corrected chi connectivity index (χ1v) is 16.9. The molecule has 3 heterocycles. The van der Waals surface area contributed by atoms with Crippen LogP contribution in [0, 0.1) is 0 Å². The average molecular weight is 631 g/mol. The molecule has 7 aromatic carbocycles. The van der Waals surface area contributed by atoms with Gasteiger partial charge in [-0.05, 0) is 81.9 Å². The maximum atomic E-state index is 7.03. The number of hydrogen-bond acceptors (Lipinski definition) is 3. The predicted molar refractivity (Wildman–Crippen MR) is 199 cm³/mol. The zero-order chi connectivity index (χ0) is 32.4. The van der Waals surface area contributed by atoms with E-state index in [0.717, 1.165) is 67.6 Å². The Morgan fingerprint density at radius 2 is 1.18 bits per heavy atom. The molecule has 0 fully saturated rings. The molecule has 232 valence electrons. The Hall–Kier alpha value is -6.26.